The lowest BCUT2D eigenvalue weighted by Gasteiger charge is -2.56. The maximum atomic E-state index is 12.9. The van der Waals surface area contributed by atoms with Crippen LogP contribution >= 0.6 is 0 Å². The smallest absolute Gasteiger partial charge is 0.328 e. The zero-order chi connectivity index (χ0) is 23.2. The van der Waals surface area contributed by atoms with Gasteiger partial charge in [0.2, 0.25) is 0 Å². The van der Waals surface area contributed by atoms with E-state index in [9.17, 15) is 4.79 Å². The summed E-state index contributed by atoms with van der Waals surface area (Å²) in [7, 11) is 2.00. The number of esters is 1. The van der Waals surface area contributed by atoms with Gasteiger partial charge in [0.1, 0.15) is 11.6 Å². The summed E-state index contributed by atoms with van der Waals surface area (Å²) in [6.45, 7) is 1.88. The fourth-order valence-corrected chi connectivity index (χ4v) is 6.45. The Morgan fingerprint density at radius 2 is 2.03 bits per heavy atom. The number of pyridine rings is 2. The third-order valence-corrected chi connectivity index (χ3v) is 8.36. The van der Waals surface area contributed by atoms with Crippen LogP contribution in [-0.2, 0) is 9.53 Å². The molecule has 2 saturated carbocycles. The minimum Gasteiger partial charge on any atom is -0.459 e. The van der Waals surface area contributed by atoms with E-state index in [2.05, 4.69) is 21.4 Å². The van der Waals surface area contributed by atoms with Gasteiger partial charge in [0, 0.05) is 29.9 Å². The number of carbonyl (C=O) groups excluding carboxylic acids is 1. The Morgan fingerprint density at radius 3 is 2.73 bits per heavy atom. The molecule has 1 aliphatic heterocycles. The number of rotatable bonds is 4. The lowest BCUT2D eigenvalue weighted by Crippen LogP contribution is -2.76. The Hall–Kier alpha value is -2.61. The van der Waals surface area contributed by atoms with E-state index < -0.39 is 17.2 Å². The van der Waals surface area contributed by atoms with Crippen molar-refractivity contribution in [1.82, 2.24) is 15.3 Å². The molecule has 3 fully saturated rings. The SMILES string of the molecule is CN[C@@H]1CC[C@H]2C(/C=C/c3ccc(-c4ccccn4)cn3)[C@]3(N)[C@@H](C)OC(=O)[C@]3(N)C[C@@H]2C1. The number of fused-ring (bicyclic) bond motifs is 2. The van der Waals surface area contributed by atoms with Gasteiger partial charge in [0.05, 0.1) is 16.9 Å². The van der Waals surface area contributed by atoms with Crippen molar-refractivity contribution < 1.29 is 9.53 Å². The standard InChI is InChI=1S/C26H33N5O2/c1-16-26(28)22(11-9-19-7-6-17(15-31-19)23-5-3-4-12-30-23)21-10-8-20(29-2)13-18(21)14-25(26,27)24(32)33-16/h3-7,9,11-12,15-16,18,20-22,29H,8,10,13-14,27-28H2,1-2H3/b11-9+/t16-,18+,20-,21-,22?,25-,26-/m1/s1. The van der Waals surface area contributed by atoms with E-state index in [1.54, 1.807) is 6.20 Å². The van der Waals surface area contributed by atoms with E-state index in [1.807, 2.05) is 56.6 Å². The predicted octanol–water partition coefficient (Wildman–Crippen LogP) is 2.52. The lowest BCUT2D eigenvalue weighted by molar-refractivity contribution is -0.145. The molecule has 3 heterocycles. The Kier molecular flexibility index (Phi) is 5.59. The Morgan fingerprint density at radius 1 is 1.18 bits per heavy atom. The van der Waals surface area contributed by atoms with Gasteiger partial charge in [-0.05, 0) is 81.8 Å². The number of aromatic nitrogens is 2. The first-order valence-electron chi connectivity index (χ1n) is 11.9. The molecule has 0 amide bonds. The number of nitrogens with two attached hydrogens (primary N) is 2. The minimum absolute atomic E-state index is 0.0715. The Balaban J connectivity index is 1.46. The van der Waals surface area contributed by atoms with E-state index >= 15 is 0 Å². The number of nitrogens with zero attached hydrogens (tertiary/aromatic N) is 2. The molecule has 5 rings (SSSR count). The minimum atomic E-state index is -1.17. The molecule has 33 heavy (non-hydrogen) atoms. The van der Waals surface area contributed by atoms with Gasteiger partial charge in [-0.25, -0.2) is 4.79 Å². The number of cyclic esters (lactones) is 1. The van der Waals surface area contributed by atoms with Gasteiger partial charge < -0.3 is 21.5 Å². The van der Waals surface area contributed by atoms with Crippen LogP contribution < -0.4 is 16.8 Å². The number of hydrogen-bond acceptors (Lipinski definition) is 7. The van der Waals surface area contributed by atoms with Crippen LogP contribution in [0.5, 0.6) is 0 Å². The van der Waals surface area contributed by atoms with Crippen molar-refractivity contribution in [3.05, 3.63) is 54.5 Å². The highest BCUT2D eigenvalue weighted by Crippen LogP contribution is 2.55. The Bertz CT molecular complexity index is 1040. The first-order valence-corrected chi connectivity index (χ1v) is 11.9. The van der Waals surface area contributed by atoms with Crippen molar-refractivity contribution >= 4 is 12.0 Å². The summed E-state index contributed by atoms with van der Waals surface area (Å²) in [5, 5.41) is 3.41. The van der Waals surface area contributed by atoms with E-state index in [-0.39, 0.29) is 11.9 Å². The first-order chi connectivity index (χ1) is 15.9. The molecule has 174 valence electrons. The molecular weight excluding hydrogens is 414 g/mol. The fourth-order valence-electron chi connectivity index (χ4n) is 6.45. The van der Waals surface area contributed by atoms with Gasteiger partial charge in [0.15, 0.2) is 0 Å². The molecule has 0 aromatic carbocycles. The molecule has 7 nitrogen and oxygen atoms in total. The average Bonchev–Trinajstić information content (AvgIpc) is 3.01. The van der Waals surface area contributed by atoms with Crippen molar-refractivity contribution in [2.75, 3.05) is 7.05 Å². The van der Waals surface area contributed by atoms with Crippen LogP contribution in [0, 0.1) is 17.8 Å². The molecule has 1 saturated heterocycles. The van der Waals surface area contributed by atoms with Crippen molar-refractivity contribution in [2.24, 2.45) is 29.2 Å². The fraction of sp³-hybridized carbons (Fsp3) is 0.500. The number of carbonyl (C=O) groups is 1. The zero-order valence-electron chi connectivity index (χ0n) is 19.3. The lowest BCUT2D eigenvalue weighted by atomic mass is 9.51. The predicted molar refractivity (Wildman–Crippen MR) is 128 cm³/mol. The van der Waals surface area contributed by atoms with Crippen LogP contribution in [0.25, 0.3) is 17.3 Å². The van der Waals surface area contributed by atoms with Crippen molar-refractivity contribution in [3.63, 3.8) is 0 Å². The summed E-state index contributed by atoms with van der Waals surface area (Å²) < 4.78 is 5.66. The molecule has 3 aliphatic rings. The summed E-state index contributed by atoms with van der Waals surface area (Å²) >= 11 is 0. The molecule has 2 aliphatic carbocycles. The third kappa shape index (κ3) is 3.50. The molecule has 2 aromatic rings. The summed E-state index contributed by atoms with van der Waals surface area (Å²) in [5.74, 6) is 0.249. The highest BCUT2D eigenvalue weighted by Gasteiger charge is 2.70. The van der Waals surface area contributed by atoms with Crippen LogP contribution in [0.15, 0.2) is 48.8 Å². The number of nitrogens with one attached hydrogen (secondary N) is 1. The molecule has 1 unspecified atom stereocenters. The van der Waals surface area contributed by atoms with Crippen LogP contribution in [0.1, 0.15) is 38.3 Å². The van der Waals surface area contributed by atoms with Crippen molar-refractivity contribution in [2.45, 2.75) is 55.8 Å². The van der Waals surface area contributed by atoms with Gasteiger partial charge >= 0.3 is 5.97 Å². The molecular formula is C26H33N5O2. The molecule has 0 radical (unpaired) electrons. The monoisotopic (exact) mass is 447 g/mol. The summed E-state index contributed by atoms with van der Waals surface area (Å²) in [5.41, 5.74) is 14.4. The second-order valence-corrected chi connectivity index (χ2v) is 9.95. The van der Waals surface area contributed by atoms with E-state index in [1.165, 1.54) is 0 Å². The molecule has 0 spiro atoms. The second-order valence-electron chi connectivity index (χ2n) is 9.95. The molecule has 7 atom stereocenters. The normalized spacial score (nSPS) is 38.1. The molecule has 5 N–H and O–H groups in total. The van der Waals surface area contributed by atoms with Gasteiger partial charge in [-0.3, -0.25) is 9.97 Å². The van der Waals surface area contributed by atoms with E-state index in [0.717, 1.165) is 36.2 Å². The van der Waals surface area contributed by atoms with Gasteiger partial charge in [-0.1, -0.05) is 12.1 Å². The highest BCUT2D eigenvalue weighted by atomic mass is 16.6. The molecule has 7 heteroatoms. The van der Waals surface area contributed by atoms with Crippen LogP contribution in [-0.4, -0.2) is 46.2 Å². The summed E-state index contributed by atoms with van der Waals surface area (Å²) in [6.07, 6.45) is 11.0. The topological polar surface area (TPSA) is 116 Å². The number of hydrogen-bond donors (Lipinski definition) is 3. The molecule has 2 aromatic heterocycles. The van der Waals surface area contributed by atoms with Gasteiger partial charge in [-0.15, -0.1) is 0 Å². The Labute approximate surface area is 195 Å². The summed E-state index contributed by atoms with van der Waals surface area (Å²) in [4.78, 5) is 21.9. The number of ether oxygens (including phenoxy) is 1. The van der Waals surface area contributed by atoms with E-state index in [0.29, 0.717) is 24.3 Å². The maximum absolute atomic E-state index is 12.9. The van der Waals surface area contributed by atoms with Gasteiger partial charge in [-0.2, -0.15) is 0 Å². The van der Waals surface area contributed by atoms with Gasteiger partial charge in [0.25, 0.3) is 0 Å². The van der Waals surface area contributed by atoms with Crippen molar-refractivity contribution in [1.29, 1.82) is 0 Å². The third-order valence-electron chi connectivity index (χ3n) is 8.36. The first kappa shape index (κ1) is 22.2. The van der Waals surface area contributed by atoms with Crippen LogP contribution in [0.4, 0.5) is 0 Å². The highest BCUT2D eigenvalue weighted by molar-refractivity contribution is 5.86. The zero-order valence-corrected chi connectivity index (χ0v) is 19.3. The van der Waals surface area contributed by atoms with Crippen molar-refractivity contribution in [3.8, 4) is 11.3 Å². The average molecular weight is 448 g/mol. The quantitative estimate of drug-likeness (QED) is 0.617. The van der Waals surface area contributed by atoms with E-state index in [4.69, 9.17) is 16.2 Å². The van der Waals surface area contributed by atoms with Crippen LogP contribution in [0.2, 0.25) is 0 Å². The largest absolute Gasteiger partial charge is 0.459 e. The molecule has 0 bridgehead atoms. The second kappa shape index (κ2) is 8.31. The maximum Gasteiger partial charge on any atom is 0.328 e. The van der Waals surface area contributed by atoms with Crippen LogP contribution in [0.3, 0.4) is 0 Å². The summed E-state index contributed by atoms with van der Waals surface area (Å²) in [6, 6.07) is 10.3.